The molecule has 0 aliphatic heterocycles. The number of urea groups is 1. The molecule has 0 saturated heterocycles. The summed E-state index contributed by atoms with van der Waals surface area (Å²) >= 11 is 0. The van der Waals surface area contributed by atoms with Gasteiger partial charge in [-0.05, 0) is 43.7 Å². The lowest BCUT2D eigenvalue weighted by molar-refractivity contribution is 0.252. The minimum Gasteiger partial charge on any atom is -0.488 e. The number of pyridine rings is 1. The molecule has 0 radical (unpaired) electrons. The molecule has 33 heavy (non-hydrogen) atoms. The summed E-state index contributed by atoms with van der Waals surface area (Å²) in [7, 11) is 0. The Balaban J connectivity index is 1.54. The number of rotatable bonds is 8. The number of carbonyl (C=O) groups excluding carboxylic acids is 1. The van der Waals surface area contributed by atoms with Crippen LogP contribution < -0.4 is 20.1 Å². The highest BCUT2D eigenvalue weighted by molar-refractivity contribution is 5.89. The van der Waals surface area contributed by atoms with Gasteiger partial charge in [0.2, 0.25) is 0 Å². The molecule has 0 saturated carbocycles. The second kappa shape index (κ2) is 10.5. The Hall–Kier alpha value is -4.06. The molecule has 0 aliphatic rings. The number of nitrogens with zero attached hydrogens (tertiary/aromatic N) is 1. The Morgan fingerprint density at radius 3 is 2.52 bits per heavy atom. The van der Waals surface area contributed by atoms with E-state index < -0.39 is 0 Å². The summed E-state index contributed by atoms with van der Waals surface area (Å²) in [5.74, 6) is 1.46. The number of amides is 2. The van der Waals surface area contributed by atoms with Crippen LogP contribution >= 0.6 is 0 Å². The van der Waals surface area contributed by atoms with Crippen molar-refractivity contribution < 1.29 is 14.3 Å². The molecule has 0 unspecified atom stereocenters. The Kier molecular flexibility index (Phi) is 7.05. The van der Waals surface area contributed by atoms with E-state index in [1.165, 1.54) is 0 Å². The number of para-hydroxylation sites is 1. The van der Waals surface area contributed by atoms with Crippen molar-refractivity contribution in [2.75, 3.05) is 11.9 Å². The summed E-state index contributed by atoms with van der Waals surface area (Å²) in [6, 6.07) is 25.1. The number of ether oxygens (including phenoxy) is 2. The summed E-state index contributed by atoms with van der Waals surface area (Å²) in [5.41, 5.74) is 4.37. The molecule has 2 amide bonds. The van der Waals surface area contributed by atoms with Crippen molar-refractivity contribution in [2.45, 2.75) is 27.1 Å². The lowest BCUT2D eigenvalue weighted by Gasteiger charge is -2.16. The third-order valence-corrected chi connectivity index (χ3v) is 5.21. The van der Waals surface area contributed by atoms with Gasteiger partial charge in [0.25, 0.3) is 0 Å². The predicted molar refractivity (Wildman–Crippen MR) is 131 cm³/mol. The van der Waals surface area contributed by atoms with Crippen LogP contribution in [0.5, 0.6) is 11.5 Å². The van der Waals surface area contributed by atoms with Crippen LogP contribution in [0.25, 0.3) is 10.9 Å². The van der Waals surface area contributed by atoms with Crippen LogP contribution in [-0.4, -0.2) is 17.6 Å². The van der Waals surface area contributed by atoms with Crippen LogP contribution in [0.3, 0.4) is 0 Å². The first-order valence-corrected chi connectivity index (χ1v) is 11.0. The van der Waals surface area contributed by atoms with Crippen LogP contribution in [0, 0.1) is 6.92 Å². The van der Waals surface area contributed by atoms with E-state index in [4.69, 9.17) is 14.5 Å². The van der Waals surface area contributed by atoms with Gasteiger partial charge < -0.3 is 20.1 Å². The number of hydrogen-bond acceptors (Lipinski definition) is 4. The fraction of sp³-hybridized carbons (Fsp3) is 0.185. The zero-order valence-electron chi connectivity index (χ0n) is 18.8. The maximum atomic E-state index is 11.8. The van der Waals surface area contributed by atoms with E-state index in [1.807, 2.05) is 86.6 Å². The summed E-state index contributed by atoms with van der Waals surface area (Å²) in [4.78, 5) is 16.6. The number of anilines is 1. The van der Waals surface area contributed by atoms with Crippen molar-refractivity contribution in [3.05, 3.63) is 95.7 Å². The van der Waals surface area contributed by atoms with Gasteiger partial charge in [-0.2, -0.15) is 0 Å². The second-order valence-corrected chi connectivity index (χ2v) is 7.61. The van der Waals surface area contributed by atoms with Gasteiger partial charge in [-0.3, -0.25) is 0 Å². The average Bonchev–Trinajstić information content (AvgIpc) is 2.83. The Bertz CT molecular complexity index is 1240. The number of fused-ring (bicyclic) bond motifs is 1. The minimum atomic E-state index is -0.248. The smallest absolute Gasteiger partial charge is 0.319 e. The van der Waals surface area contributed by atoms with Gasteiger partial charge in [0.05, 0.1) is 11.2 Å². The van der Waals surface area contributed by atoms with Crippen molar-refractivity contribution >= 4 is 22.6 Å². The van der Waals surface area contributed by atoms with E-state index in [9.17, 15) is 4.79 Å². The molecule has 4 rings (SSSR count). The number of hydrogen-bond donors (Lipinski definition) is 2. The fourth-order valence-corrected chi connectivity index (χ4v) is 3.53. The molecule has 6 heteroatoms. The summed E-state index contributed by atoms with van der Waals surface area (Å²) < 4.78 is 12.3. The quantitative estimate of drug-likeness (QED) is 0.360. The van der Waals surface area contributed by atoms with Gasteiger partial charge in [-0.1, -0.05) is 48.5 Å². The maximum absolute atomic E-state index is 11.8. The van der Waals surface area contributed by atoms with Crippen molar-refractivity contribution in [3.8, 4) is 11.5 Å². The van der Waals surface area contributed by atoms with E-state index in [0.717, 1.165) is 33.5 Å². The van der Waals surface area contributed by atoms with Gasteiger partial charge in [0.1, 0.15) is 24.7 Å². The molecular weight excluding hydrogens is 414 g/mol. The standard InChI is InChI=1S/C27H27N3O3/c1-3-28-27(31)29-21-12-9-13-22(16-21)32-18-25-19(2)26(23-14-7-8-15-24(23)30-25)33-17-20-10-5-4-6-11-20/h4-16H,3,17-18H2,1-2H3,(H2,28,29,31). The Morgan fingerprint density at radius 1 is 0.909 bits per heavy atom. The first kappa shape index (κ1) is 22.1. The van der Waals surface area contributed by atoms with Crippen molar-refractivity contribution in [1.29, 1.82) is 0 Å². The summed E-state index contributed by atoms with van der Waals surface area (Å²) in [5, 5.41) is 6.48. The number of nitrogens with one attached hydrogen (secondary N) is 2. The molecule has 1 aromatic heterocycles. The van der Waals surface area contributed by atoms with Crippen LogP contribution in [0.15, 0.2) is 78.9 Å². The van der Waals surface area contributed by atoms with Crippen LogP contribution in [-0.2, 0) is 13.2 Å². The molecule has 0 bridgehead atoms. The third-order valence-electron chi connectivity index (χ3n) is 5.21. The number of benzene rings is 3. The number of carbonyl (C=O) groups is 1. The van der Waals surface area contributed by atoms with E-state index in [0.29, 0.717) is 24.6 Å². The van der Waals surface area contributed by atoms with Crippen molar-refractivity contribution in [1.82, 2.24) is 10.3 Å². The number of aromatic nitrogens is 1. The zero-order chi connectivity index (χ0) is 23.0. The van der Waals surface area contributed by atoms with Gasteiger partial charge >= 0.3 is 6.03 Å². The average molecular weight is 442 g/mol. The summed E-state index contributed by atoms with van der Waals surface area (Å²) in [6.07, 6.45) is 0. The molecule has 0 spiro atoms. The van der Waals surface area contributed by atoms with E-state index in [-0.39, 0.29) is 12.6 Å². The first-order chi connectivity index (χ1) is 16.1. The molecule has 0 fully saturated rings. The second-order valence-electron chi connectivity index (χ2n) is 7.61. The lowest BCUT2D eigenvalue weighted by Crippen LogP contribution is -2.28. The van der Waals surface area contributed by atoms with E-state index >= 15 is 0 Å². The largest absolute Gasteiger partial charge is 0.488 e. The molecule has 168 valence electrons. The van der Waals surface area contributed by atoms with Gasteiger partial charge in [0.15, 0.2) is 0 Å². The molecule has 3 aromatic carbocycles. The van der Waals surface area contributed by atoms with E-state index in [2.05, 4.69) is 10.6 Å². The molecule has 0 aliphatic carbocycles. The molecule has 6 nitrogen and oxygen atoms in total. The Morgan fingerprint density at radius 2 is 1.70 bits per heavy atom. The SMILES string of the molecule is CCNC(=O)Nc1cccc(OCc2nc3ccccc3c(OCc3ccccc3)c2C)c1. The molecule has 0 atom stereocenters. The molecule has 4 aromatic rings. The lowest BCUT2D eigenvalue weighted by atomic mass is 10.1. The van der Waals surface area contributed by atoms with Crippen LogP contribution in [0.2, 0.25) is 0 Å². The van der Waals surface area contributed by atoms with Gasteiger partial charge in [-0.15, -0.1) is 0 Å². The first-order valence-electron chi connectivity index (χ1n) is 11.0. The minimum absolute atomic E-state index is 0.248. The zero-order valence-corrected chi connectivity index (χ0v) is 18.8. The van der Waals surface area contributed by atoms with Gasteiger partial charge in [-0.25, -0.2) is 9.78 Å². The molecule has 1 heterocycles. The molecule has 2 N–H and O–H groups in total. The van der Waals surface area contributed by atoms with Crippen molar-refractivity contribution in [3.63, 3.8) is 0 Å². The van der Waals surface area contributed by atoms with Crippen LogP contribution in [0.4, 0.5) is 10.5 Å². The fourth-order valence-electron chi connectivity index (χ4n) is 3.53. The molecular formula is C27H27N3O3. The highest BCUT2D eigenvalue weighted by atomic mass is 16.5. The maximum Gasteiger partial charge on any atom is 0.319 e. The predicted octanol–water partition coefficient (Wildman–Crippen LogP) is 5.84. The summed E-state index contributed by atoms with van der Waals surface area (Å²) in [6.45, 7) is 5.19. The highest BCUT2D eigenvalue weighted by Crippen LogP contribution is 2.32. The van der Waals surface area contributed by atoms with E-state index in [1.54, 1.807) is 6.07 Å². The van der Waals surface area contributed by atoms with Crippen molar-refractivity contribution in [2.24, 2.45) is 0 Å². The monoisotopic (exact) mass is 441 g/mol. The topological polar surface area (TPSA) is 72.5 Å². The van der Waals surface area contributed by atoms with Crippen LogP contribution in [0.1, 0.15) is 23.7 Å². The Labute approximate surface area is 193 Å². The normalized spacial score (nSPS) is 10.6. The third kappa shape index (κ3) is 5.60. The highest BCUT2D eigenvalue weighted by Gasteiger charge is 2.14. The van der Waals surface area contributed by atoms with Gasteiger partial charge in [0, 0.05) is 29.2 Å².